The minimum Gasteiger partial charge on any atom is -0.490 e. The molecule has 0 aliphatic heterocycles. The summed E-state index contributed by atoms with van der Waals surface area (Å²) in [6, 6.07) is 11.6. The standard InChI is InChI=1S/C21H22N2O3S/c1-4-25-16-11-9-15(13-17(16)26-5-2)10-12-19(24)22-21-23-20-14(3)7-6-8-18(20)27-21/h6-13H,4-5H2,1-3H3,(H,22,23,24)/b12-10+. The lowest BCUT2D eigenvalue weighted by atomic mass is 10.2. The Balaban J connectivity index is 1.71. The maximum atomic E-state index is 12.2. The van der Waals surface area contributed by atoms with E-state index in [2.05, 4.69) is 10.3 Å². The van der Waals surface area contributed by atoms with Crippen LogP contribution in [0.4, 0.5) is 5.13 Å². The summed E-state index contributed by atoms with van der Waals surface area (Å²) in [6.45, 7) is 6.97. The van der Waals surface area contributed by atoms with Gasteiger partial charge in [-0.15, -0.1) is 0 Å². The molecule has 1 heterocycles. The first kappa shape index (κ1) is 18.9. The third kappa shape index (κ3) is 4.65. The normalized spacial score (nSPS) is 11.1. The quantitative estimate of drug-likeness (QED) is 0.581. The Kier molecular flexibility index (Phi) is 6.08. The van der Waals surface area contributed by atoms with Crippen LogP contribution in [-0.4, -0.2) is 24.1 Å². The highest BCUT2D eigenvalue weighted by atomic mass is 32.1. The molecule has 0 fully saturated rings. The monoisotopic (exact) mass is 382 g/mol. The van der Waals surface area contributed by atoms with E-state index in [-0.39, 0.29) is 5.91 Å². The van der Waals surface area contributed by atoms with E-state index in [0.717, 1.165) is 21.3 Å². The van der Waals surface area contributed by atoms with Crippen molar-refractivity contribution in [1.82, 2.24) is 4.98 Å². The van der Waals surface area contributed by atoms with Crippen molar-refractivity contribution in [1.29, 1.82) is 0 Å². The first-order chi connectivity index (χ1) is 13.1. The number of ether oxygens (including phenoxy) is 2. The fraction of sp³-hybridized carbons (Fsp3) is 0.238. The van der Waals surface area contributed by atoms with Crippen molar-refractivity contribution in [2.75, 3.05) is 18.5 Å². The van der Waals surface area contributed by atoms with Crippen LogP contribution in [-0.2, 0) is 4.79 Å². The molecule has 3 aromatic rings. The van der Waals surface area contributed by atoms with Gasteiger partial charge in [0, 0.05) is 6.08 Å². The molecule has 27 heavy (non-hydrogen) atoms. The molecular formula is C21H22N2O3S. The van der Waals surface area contributed by atoms with Gasteiger partial charge >= 0.3 is 0 Å². The lowest BCUT2D eigenvalue weighted by Crippen LogP contribution is -2.07. The number of rotatable bonds is 7. The second-order valence-electron chi connectivity index (χ2n) is 5.84. The molecule has 0 atom stereocenters. The average Bonchev–Trinajstić information content (AvgIpc) is 3.06. The Bertz CT molecular complexity index is 979. The molecule has 0 saturated heterocycles. The molecule has 0 aliphatic rings. The number of amides is 1. The molecule has 6 heteroatoms. The highest BCUT2D eigenvalue weighted by molar-refractivity contribution is 7.22. The Morgan fingerprint density at radius 1 is 1.15 bits per heavy atom. The van der Waals surface area contributed by atoms with E-state index in [0.29, 0.717) is 29.8 Å². The Morgan fingerprint density at radius 3 is 2.67 bits per heavy atom. The Morgan fingerprint density at radius 2 is 1.93 bits per heavy atom. The van der Waals surface area contributed by atoms with Gasteiger partial charge < -0.3 is 9.47 Å². The summed E-state index contributed by atoms with van der Waals surface area (Å²) >= 11 is 1.46. The number of carbonyl (C=O) groups is 1. The van der Waals surface area contributed by atoms with Gasteiger partial charge in [0.15, 0.2) is 16.6 Å². The number of nitrogens with one attached hydrogen (secondary N) is 1. The molecule has 1 aromatic heterocycles. The van der Waals surface area contributed by atoms with Crippen LogP contribution in [0.15, 0.2) is 42.5 Å². The number of anilines is 1. The number of fused-ring (bicyclic) bond motifs is 1. The van der Waals surface area contributed by atoms with E-state index in [9.17, 15) is 4.79 Å². The van der Waals surface area contributed by atoms with Crippen molar-refractivity contribution in [3.8, 4) is 11.5 Å². The summed E-state index contributed by atoms with van der Waals surface area (Å²) in [5, 5.41) is 3.42. The van der Waals surface area contributed by atoms with Gasteiger partial charge in [-0.1, -0.05) is 29.5 Å². The zero-order chi connectivity index (χ0) is 19.2. The van der Waals surface area contributed by atoms with Crippen LogP contribution in [0.25, 0.3) is 16.3 Å². The highest BCUT2D eigenvalue weighted by Crippen LogP contribution is 2.29. The number of hydrogen-bond donors (Lipinski definition) is 1. The second-order valence-corrected chi connectivity index (χ2v) is 6.87. The number of hydrogen-bond acceptors (Lipinski definition) is 5. The van der Waals surface area contributed by atoms with Gasteiger partial charge in [0.25, 0.3) is 0 Å². The first-order valence-electron chi connectivity index (χ1n) is 8.85. The zero-order valence-electron chi connectivity index (χ0n) is 15.6. The van der Waals surface area contributed by atoms with Gasteiger partial charge in [0.1, 0.15) is 0 Å². The van der Waals surface area contributed by atoms with Gasteiger partial charge in [0.2, 0.25) is 5.91 Å². The molecule has 1 amide bonds. The highest BCUT2D eigenvalue weighted by Gasteiger charge is 2.08. The third-order valence-corrected chi connectivity index (χ3v) is 4.78. The number of nitrogens with zero attached hydrogens (tertiary/aromatic N) is 1. The minimum absolute atomic E-state index is 0.224. The molecule has 2 aromatic carbocycles. The summed E-state index contributed by atoms with van der Waals surface area (Å²) in [7, 11) is 0. The van der Waals surface area contributed by atoms with Crippen molar-refractivity contribution >= 4 is 38.7 Å². The van der Waals surface area contributed by atoms with Crippen molar-refractivity contribution in [3.05, 3.63) is 53.6 Å². The lowest BCUT2D eigenvalue weighted by molar-refractivity contribution is -0.111. The maximum absolute atomic E-state index is 12.2. The average molecular weight is 382 g/mol. The number of aromatic nitrogens is 1. The second kappa shape index (κ2) is 8.68. The van der Waals surface area contributed by atoms with Crippen LogP contribution in [0.3, 0.4) is 0 Å². The van der Waals surface area contributed by atoms with E-state index < -0.39 is 0 Å². The van der Waals surface area contributed by atoms with Crippen molar-refractivity contribution in [2.45, 2.75) is 20.8 Å². The van der Waals surface area contributed by atoms with E-state index in [1.54, 1.807) is 6.08 Å². The summed E-state index contributed by atoms with van der Waals surface area (Å²) in [6.07, 6.45) is 3.23. The zero-order valence-corrected chi connectivity index (χ0v) is 16.4. The van der Waals surface area contributed by atoms with Crippen LogP contribution in [0, 0.1) is 6.92 Å². The van der Waals surface area contributed by atoms with Crippen LogP contribution in [0.2, 0.25) is 0 Å². The number of para-hydroxylation sites is 1. The molecule has 0 bridgehead atoms. The number of thiazole rings is 1. The fourth-order valence-corrected chi connectivity index (χ4v) is 3.58. The third-order valence-electron chi connectivity index (χ3n) is 3.85. The van der Waals surface area contributed by atoms with Gasteiger partial charge in [-0.2, -0.15) is 0 Å². The molecule has 0 spiro atoms. The molecule has 0 aliphatic carbocycles. The number of benzene rings is 2. The van der Waals surface area contributed by atoms with Crippen LogP contribution in [0.5, 0.6) is 11.5 Å². The number of carbonyl (C=O) groups excluding carboxylic acids is 1. The van der Waals surface area contributed by atoms with Gasteiger partial charge in [-0.25, -0.2) is 4.98 Å². The molecule has 0 saturated carbocycles. The lowest BCUT2D eigenvalue weighted by Gasteiger charge is -2.11. The molecule has 0 unspecified atom stereocenters. The molecule has 3 rings (SSSR count). The summed E-state index contributed by atoms with van der Waals surface area (Å²) in [5.41, 5.74) is 2.88. The first-order valence-corrected chi connectivity index (χ1v) is 9.67. The molecule has 5 nitrogen and oxygen atoms in total. The van der Waals surface area contributed by atoms with E-state index in [1.807, 2.05) is 57.2 Å². The Hall–Kier alpha value is -2.86. The fourth-order valence-electron chi connectivity index (χ4n) is 2.63. The SMILES string of the molecule is CCOc1ccc(/C=C/C(=O)Nc2nc3c(C)cccc3s2)cc1OCC. The molecular weight excluding hydrogens is 360 g/mol. The molecule has 0 radical (unpaired) electrons. The van der Waals surface area contributed by atoms with Gasteiger partial charge in [0.05, 0.1) is 23.4 Å². The van der Waals surface area contributed by atoms with E-state index in [4.69, 9.17) is 9.47 Å². The van der Waals surface area contributed by atoms with Gasteiger partial charge in [-0.05, 0) is 56.2 Å². The van der Waals surface area contributed by atoms with Crippen molar-refractivity contribution in [3.63, 3.8) is 0 Å². The van der Waals surface area contributed by atoms with Crippen LogP contribution in [0.1, 0.15) is 25.0 Å². The largest absolute Gasteiger partial charge is 0.490 e. The smallest absolute Gasteiger partial charge is 0.250 e. The van der Waals surface area contributed by atoms with Gasteiger partial charge in [-0.3, -0.25) is 10.1 Å². The van der Waals surface area contributed by atoms with Crippen LogP contribution < -0.4 is 14.8 Å². The number of aryl methyl sites for hydroxylation is 1. The van der Waals surface area contributed by atoms with E-state index >= 15 is 0 Å². The van der Waals surface area contributed by atoms with Crippen molar-refractivity contribution < 1.29 is 14.3 Å². The van der Waals surface area contributed by atoms with Crippen LogP contribution >= 0.6 is 11.3 Å². The summed E-state index contributed by atoms with van der Waals surface area (Å²) < 4.78 is 12.2. The van der Waals surface area contributed by atoms with Crippen molar-refractivity contribution in [2.24, 2.45) is 0 Å². The maximum Gasteiger partial charge on any atom is 0.250 e. The van der Waals surface area contributed by atoms with E-state index in [1.165, 1.54) is 17.4 Å². The molecule has 1 N–H and O–H groups in total. The minimum atomic E-state index is -0.224. The molecule has 140 valence electrons. The topological polar surface area (TPSA) is 60.5 Å². The predicted molar refractivity (Wildman–Crippen MR) is 111 cm³/mol. The predicted octanol–water partition coefficient (Wildman–Crippen LogP) is 5.05. The summed E-state index contributed by atoms with van der Waals surface area (Å²) in [4.78, 5) is 16.7. The summed E-state index contributed by atoms with van der Waals surface area (Å²) in [5.74, 6) is 1.15. The Labute approximate surface area is 162 Å².